The molecule has 2 aromatic carbocycles. The number of hydrogen-bond acceptors (Lipinski definition) is 3. The molecule has 108 valence electrons. The van der Waals surface area contributed by atoms with Crippen LogP contribution in [0, 0.1) is 21.7 Å². The number of benzene rings is 2. The smallest absolute Gasteiger partial charge is 0.292 e. The Kier molecular flexibility index (Phi) is 4.27. The van der Waals surface area contributed by atoms with E-state index in [9.17, 15) is 23.7 Å². The van der Waals surface area contributed by atoms with Gasteiger partial charge in [0.25, 0.3) is 11.6 Å². The number of carbonyl (C=O) groups is 1. The van der Waals surface area contributed by atoms with Crippen molar-refractivity contribution in [3.8, 4) is 0 Å². The van der Waals surface area contributed by atoms with Crippen molar-refractivity contribution in [2.24, 2.45) is 0 Å². The summed E-state index contributed by atoms with van der Waals surface area (Å²) in [5.74, 6) is -2.48. The molecule has 0 fully saturated rings. The summed E-state index contributed by atoms with van der Waals surface area (Å²) in [7, 11) is 0. The maximum Gasteiger partial charge on any atom is 0.292 e. The Morgan fingerprint density at radius 1 is 1.24 bits per heavy atom. The largest absolute Gasteiger partial charge is 0.316 e. The van der Waals surface area contributed by atoms with E-state index in [2.05, 4.69) is 21.2 Å². The highest BCUT2D eigenvalue weighted by molar-refractivity contribution is 9.10. The minimum absolute atomic E-state index is 0.0730. The number of nitrogens with zero attached hydrogens (tertiary/aromatic N) is 1. The highest BCUT2D eigenvalue weighted by atomic mass is 79.9. The normalized spacial score (nSPS) is 10.2. The van der Waals surface area contributed by atoms with Crippen LogP contribution in [0.15, 0.2) is 40.9 Å². The first-order valence-corrected chi connectivity index (χ1v) is 6.38. The van der Waals surface area contributed by atoms with E-state index in [4.69, 9.17) is 0 Å². The van der Waals surface area contributed by atoms with Crippen LogP contribution in [0.1, 0.15) is 10.4 Å². The summed E-state index contributed by atoms with van der Waals surface area (Å²) in [5.41, 5.74) is -1.15. The van der Waals surface area contributed by atoms with E-state index >= 15 is 0 Å². The highest BCUT2D eigenvalue weighted by Gasteiger charge is 2.20. The lowest BCUT2D eigenvalue weighted by molar-refractivity contribution is -0.384. The van der Waals surface area contributed by atoms with Crippen molar-refractivity contribution in [2.45, 2.75) is 0 Å². The number of nitro benzene ring substituents is 1. The van der Waals surface area contributed by atoms with E-state index in [1.165, 1.54) is 18.2 Å². The topological polar surface area (TPSA) is 72.2 Å². The van der Waals surface area contributed by atoms with Crippen LogP contribution < -0.4 is 5.32 Å². The molecule has 0 aliphatic heterocycles. The van der Waals surface area contributed by atoms with Gasteiger partial charge in [-0.05, 0) is 34.1 Å². The van der Waals surface area contributed by atoms with Crippen molar-refractivity contribution in [1.82, 2.24) is 0 Å². The minimum atomic E-state index is -0.914. The molecule has 0 unspecified atom stereocenters. The number of carbonyl (C=O) groups excluding carboxylic acids is 1. The Morgan fingerprint density at radius 3 is 2.62 bits per heavy atom. The summed E-state index contributed by atoms with van der Waals surface area (Å²) in [5, 5.41) is 13.0. The lowest BCUT2D eigenvalue weighted by atomic mass is 10.2. The molecule has 1 amide bonds. The fourth-order valence-corrected chi connectivity index (χ4v) is 2.00. The lowest BCUT2D eigenvalue weighted by Gasteiger charge is -2.07. The van der Waals surface area contributed by atoms with Gasteiger partial charge in [-0.1, -0.05) is 6.07 Å². The zero-order valence-corrected chi connectivity index (χ0v) is 11.9. The van der Waals surface area contributed by atoms with Crippen molar-refractivity contribution >= 4 is 33.2 Å². The monoisotopic (exact) mass is 356 g/mol. The fraction of sp³-hybridized carbons (Fsp3) is 0. The van der Waals surface area contributed by atoms with E-state index in [0.29, 0.717) is 0 Å². The second kappa shape index (κ2) is 5.96. The number of hydrogen-bond donors (Lipinski definition) is 1. The van der Waals surface area contributed by atoms with Crippen molar-refractivity contribution in [1.29, 1.82) is 0 Å². The molecule has 2 rings (SSSR count). The number of nitrogens with one attached hydrogen (secondary N) is 1. The Morgan fingerprint density at radius 2 is 1.95 bits per heavy atom. The van der Waals surface area contributed by atoms with Crippen LogP contribution in [0.4, 0.5) is 20.2 Å². The highest BCUT2D eigenvalue weighted by Crippen LogP contribution is 2.26. The lowest BCUT2D eigenvalue weighted by Crippen LogP contribution is -2.15. The Bertz CT molecular complexity index is 737. The predicted molar refractivity (Wildman–Crippen MR) is 75.1 cm³/mol. The first-order chi connectivity index (χ1) is 9.90. The van der Waals surface area contributed by atoms with Crippen molar-refractivity contribution in [3.05, 3.63) is 68.2 Å². The van der Waals surface area contributed by atoms with Gasteiger partial charge in [-0.3, -0.25) is 14.9 Å². The van der Waals surface area contributed by atoms with Gasteiger partial charge in [0.2, 0.25) is 0 Å². The average molecular weight is 357 g/mol. The van der Waals surface area contributed by atoms with Gasteiger partial charge in [0.1, 0.15) is 17.3 Å². The number of rotatable bonds is 3. The molecule has 1 N–H and O–H groups in total. The Hall–Kier alpha value is -2.35. The molecule has 0 aliphatic rings. The third-order valence-corrected chi connectivity index (χ3v) is 3.21. The minimum Gasteiger partial charge on any atom is -0.316 e. The third-order valence-electron chi connectivity index (χ3n) is 2.60. The van der Waals surface area contributed by atoms with Crippen LogP contribution in [-0.2, 0) is 0 Å². The number of halogens is 3. The van der Waals surface area contributed by atoms with Crippen molar-refractivity contribution in [2.75, 3.05) is 5.32 Å². The molecule has 0 aromatic heterocycles. The summed E-state index contributed by atoms with van der Waals surface area (Å²) in [4.78, 5) is 22.0. The average Bonchev–Trinajstić information content (AvgIpc) is 2.41. The molecule has 0 radical (unpaired) electrons. The van der Waals surface area contributed by atoms with Gasteiger partial charge in [-0.15, -0.1) is 0 Å². The molecule has 0 bridgehead atoms. The molecule has 0 spiro atoms. The molecule has 0 saturated carbocycles. The molecule has 0 saturated heterocycles. The van der Waals surface area contributed by atoms with E-state index in [0.717, 1.165) is 18.2 Å². The maximum atomic E-state index is 13.8. The SMILES string of the molecule is O=C(Nc1cc(F)ccc1[N+](=O)[O-])c1cccc(Br)c1F. The number of amides is 1. The summed E-state index contributed by atoms with van der Waals surface area (Å²) in [6.45, 7) is 0. The molecule has 0 aliphatic carbocycles. The van der Waals surface area contributed by atoms with Gasteiger partial charge in [0, 0.05) is 12.1 Å². The molecule has 0 heterocycles. The zero-order valence-electron chi connectivity index (χ0n) is 10.3. The summed E-state index contributed by atoms with van der Waals surface area (Å²) in [6, 6.07) is 6.65. The fourth-order valence-electron chi connectivity index (χ4n) is 1.64. The quantitative estimate of drug-likeness (QED) is 0.669. The van der Waals surface area contributed by atoms with Gasteiger partial charge in [-0.25, -0.2) is 8.78 Å². The molecule has 2 aromatic rings. The van der Waals surface area contributed by atoms with Gasteiger partial charge < -0.3 is 5.32 Å². The van der Waals surface area contributed by atoms with Crippen LogP contribution in [0.3, 0.4) is 0 Å². The Labute approximate surface area is 125 Å². The molecule has 0 atom stereocenters. The van der Waals surface area contributed by atoms with Crippen LogP contribution >= 0.6 is 15.9 Å². The summed E-state index contributed by atoms with van der Waals surface area (Å²) < 4.78 is 27.0. The molecular weight excluding hydrogens is 350 g/mol. The first kappa shape index (κ1) is 15.0. The van der Waals surface area contributed by atoms with Crippen LogP contribution in [0.2, 0.25) is 0 Å². The van der Waals surface area contributed by atoms with Gasteiger partial charge in [0.05, 0.1) is 15.0 Å². The first-order valence-electron chi connectivity index (χ1n) is 5.59. The van der Waals surface area contributed by atoms with E-state index in [-0.39, 0.29) is 15.7 Å². The van der Waals surface area contributed by atoms with Crippen molar-refractivity contribution < 1.29 is 18.5 Å². The molecule has 21 heavy (non-hydrogen) atoms. The second-order valence-corrected chi connectivity index (χ2v) is 4.83. The predicted octanol–water partition coefficient (Wildman–Crippen LogP) is 3.89. The van der Waals surface area contributed by atoms with Crippen LogP contribution in [0.25, 0.3) is 0 Å². The van der Waals surface area contributed by atoms with Crippen LogP contribution in [0.5, 0.6) is 0 Å². The van der Waals surface area contributed by atoms with Gasteiger partial charge in [-0.2, -0.15) is 0 Å². The zero-order chi connectivity index (χ0) is 15.6. The number of nitro groups is 1. The molecule has 5 nitrogen and oxygen atoms in total. The maximum absolute atomic E-state index is 13.8. The number of anilines is 1. The van der Waals surface area contributed by atoms with E-state index in [1.807, 2.05) is 0 Å². The van der Waals surface area contributed by atoms with Crippen molar-refractivity contribution in [3.63, 3.8) is 0 Å². The Balaban J connectivity index is 2.38. The molecular formula is C13H7BrF2N2O3. The second-order valence-electron chi connectivity index (χ2n) is 3.97. The van der Waals surface area contributed by atoms with Gasteiger partial charge in [0.15, 0.2) is 0 Å². The standard InChI is InChI=1S/C13H7BrF2N2O3/c14-9-3-1-2-8(12(9)16)13(19)17-10-6-7(15)4-5-11(10)18(20)21/h1-6H,(H,17,19). The van der Waals surface area contributed by atoms with Crippen LogP contribution in [-0.4, -0.2) is 10.8 Å². The van der Waals surface area contributed by atoms with E-state index in [1.54, 1.807) is 0 Å². The van der Waals surface area contributed by atoms with Gasteiger partial charge >= 0.3 is 0 Å². The summed E-state index contributed by atoms with van der Waals surface area (Å²) in [6.07, 6.45) is 0. The summed E-state index contributed by atoms with van der Waals surface area (Å²) >= 11 is 2.93. The third kappa shape index (κ3) is 3.22. The molecule has 8 heteroatoms. The van der Waals surface area contributed by atoms with E-state index < -0.39 is 28.2 Å².